The molecule has 6 rings (SSSR count). The number of ether oxygens (including phenoxy) is 2. The van der Waals surface area contributed by atoms with E-state index in [-0.39, 0.29) is 6.09 Å². The molecule has 2 saturated heterocycles. The van der Waals surface area contributed by atoms with E-state index in [9.17, 15) is 4.79 Å². The highest BCUT2D eigenvalue weighted by atomic mass is 32.1. The van der Waals surface area contributed by atoms with Crippen molar-refractivity contribution in [1.82, 2.24) is 33.9 Å². The molecule has 2 aliphatic heterocycles. The summed E-state index contributed by atoms with van der Waals surface area (Å²) in [7, 11) is 1.46. The molecule has 0 radical (unpaired) electrons. The second-order valence-electron chi connectivity index (χ2n) is 11.0. The van der Waals surface area contributed by atoms with Gasteiger partial charge in [-0.05, 0) is 63.4 Å². The third-order valence-electron chi connectivity index (χ3n) is 8.45. The van der Waals surface area contributed by atoms with Crippen molar-refractivity contribution < 1.29 is 14.3 Å². The van der Waals surface area contributed by atoms with Crippen molar-refractivity contribution in [2.24, 2.45) is 0 Å². The topological polar surface area (TPSA) is 123 Å². The molecule has 5 heterocycles. The van der Waals surface area contributed by atoms with Crippen LogP contribution >= 0.6 is 11.5 Å². The molecule has 0 aromatic carbocycles. The molecule has 0 atom stereocenters. The van der Waals surface area contributed by atoms with Gasteiger partial charge in [-0.2, -0.15) is 19.4 Å². The fourth-order valence-corrected chi connectivity index (χ4v) is 7.00. The van der Waals surface area contributed by atoms with Crippen molar-refractivity contribution >= 4 is 45.3 Å². The van der Waals surface area contributed by atoms with E-state index in [0.29, 0.717) is 24.1 Å². The molecule has 0 bridgehead atoms. The number of aryl methyl sites for hydroxylation is 1. The highest BCUT2D eigenvalue weighted by Crippen LogP contribution is 2.32. The van der Waals surface area contributed by atoms with Crippen LogP contribution in [0.5, 0.6) is 0 Å². The van der Waals surface area contributed by atoms with Gasteiger partial charge in [0.15, 0.2) is 4.83 Å². The molecule has 0 spiro atoms. The fourth-order valence-electron chi connectivity index (χ4n) is 6.22. The highest BCUT2D eigenvalue weighted by Gasteiger charge is 2.29. The van der Waals surface area contributed by atoms with E-state index in [4.69, 9.17) is 19.4 Å². The van der Waals surface area contributed by atoms with Crippen molar-refractivity contribution in [2.75, 3.05) is 57.1 Å². The lowest BCUT2D eigenvalue weighted by atomic mass is 9.90. The van der Waals surface area contributed by atoms with Gasteiger partial charge in [0.05, 0.1) is 36.1 Å². The maximum absolute atomic E-state index is 12.0. The molecule has 40 heavy (non-hydrogen) atoms. The zero-order valence-corrected chi connectivity index (χ0v) is 24.2. The lowest BCUT2D eigenvalue weighted by molar-refractivity contribution is 0.0662. The van der Waals surface area contributed by atoms with E-state index in [1.807, 2.05) is 28.9 Å². The number of hydrogen-bond acceptors (Lipinski definition) is 11. The summed E-state index contributed by atoms with van der Waals surface area (Å²) >= 11 is 1.41. The number of carbonyl (C=O) groups excluding carboxylic acids is 1. The highest BCUT2D eigenvalue weighted by molar-refractivity contribution is 7.13. The number of nitrogens with one attached hydrogen (secondary N) is 2. The van der Waals surface area contributed by atoms with Crippen LogP contribution in [0.4, 0.5) is 22.2 Å². The first-order valence-corrected chi connectivity index (χ1v) is 15.2. The lowest BCUT2D eigenvalue weighted by Gasteiger charge is -2.36. The van der Waals surface area contributed by atoms with Crippen LogP contribution in [0.3, 0.4) is 0 Å². The van der Waals surface area contributed by atoms with E-state index in [2.05, 4.69) is 25.0 Å². The third kappa shape index (κ3) is 6.01. The molecule has 1 amide bonds. The van der Waals surface area contributed by atoms with Crippen molar-refractivity contribution in [2.45, 2.75) is 70.0 Å². The molecule has 1 aliphatic carbocycles. The Bertz CT molecular complexity index is 1300. The van der Waals surface area contributed by atoms with Gasteiger partial charge in [0.25, 0.3) is 0 Å². The minimum Gasteiger partial charge on any atom is -0.453 e. The maximum Gasteiger partial charge on any atom is 0.409 e. The summed E-state index contributed by atoms with van der Waals surface area (Å²) < 4.78 is 17.0. The minimum absolute atomic E-state index is 0.217. The molecular formula is C27H39N9O3S. The van der Waals surface area contributed by atoms with Crippen LogP contribution in [0.2, 0.25) is 0 Å². The van der Waals surface area contributed by atoms with E-state index in [1.54, 1.807) is 0 Å². The van der Waals surface area contributed by atoms with E-state index in [0.717, 1.165) is 112 Å². The zero-order valence-electron chi connectivity index (χ0n) is 23.3. The van der Waals surface area contributed by atoms with Gasteiger partial charge in [-0.1, -0.05) is 0 Å². The fraction of sp³-hybridized carbons (Fsp3) is 0.667. The van der Waals surface area contributed by atoms with E-state index < -0.39 is 0 Å². The first-order valence-electron chi connectivity index (χ1n) is 14.4. The monoisotopic (exact) mass is 569 g/mol. The smallest absolute Gasteiger partial charge is 0.409 e. The second-order valence-corrected chi connectivity index (χ2v) is 11.8. The first-order chi connectivity index (χ1) is 19.6. The molecule has 0 unspecified atom stereocenters. The van der Waals surface area contributed by atoms with E-state index in [1.165, 1.54) is 18.6 Å². The van der Waals surface area contributed by atoms with Crippen LogP contribution in [0, 0.1) is 6.92 Å². The van der Waals surface area contributed by atoms with Gasteiger partial charge in [-0.15, -0.1) is 0 Å². The number of amides is 1. The summed E-state index contributed by atoms with van der Waals surface area (Å²) in [6.07, 6.45) is 11.0. The quantitative estimate of drug-likeness (QED) is 0.447. The lowest BCUT2D eigenvalue weighted by Crippen LogP contribution is -2.43. The van der Waals surface area contributed by atoms with Crippen molar-refractivity contribution in [3.05, 3.63) is 18.1 Å². The molecule has 3 aromatic heterocycles. The van der Waals surface area contributed by atoms with Crippen LogP contribution < -0.4 is 10.6 Å². The predicted molar refractivity (Wildman–Crippen MR) is 154 cm³/mol. The van der Waals surface area contributed by atoms with Crippen LogP contribution in [-0.4, -0.2) is 98.6 Å². The molecule has 2 N–H and O–H groups in total. The summed E-state index contributed by atoms with van der Waals surface area (Å²) in [5.41, 5.74) is 1.83. The Morgan fingerprint density at radius 1 is 1.05 bits per heavy atom. The van der Waals surface area contributed by atoms with Crippen molar-refractivity contribution in [1.29, 1.82) is 0 Å². The number of aromatic nitrogens is 5. The number of hydrogen-bond donors (Lipinski definition) is 2. The van der Waals surface area contributed by atoms with Gasteiger partial charge in [-0.3, -0.25) is 9.58 Å². The van der Waals surface area contributed by atoms with Gasteiger partial charge in [0.1, 0.15) is 5.82 Å². The summed E-state index contributed by atoms with van der Waals surface area (Å²) in [6.45, 7) is 7.02. The van der Waals surface area contributed by atoms with Crippen LogP contribution in [0.15, 0.2) is 12.4 Å². The summed E-state index contributed by atoms with van der Waals surface area (Å²) in [5, 5.41) is 12.7. The number of methoxy groups -OCH3 is 1. The standard InChI is InChI=1S/C27H39N9O3S/c1-18-23-24(29-19-4-6-21(7-5-19)34-10-3-11-35(13-12-34)27(37)38-2)31-26(32-25(23)40-33-18)30-20-16-28-36(17-20)22-8-14-39-15-9-22/h16-17,19,21-22H,3-15H2,1-2H3,(H2,29,30,31,32). The average Bonchev–Trinajstić information content (AvgIpc) is 3.52. The molecular weight excluding hydrogens is 530 g/mol. The average molecular weight is 570 g/mol. The predicted octanol–water partition coefficient (Wildman–Crippen LogP) is 4.18. The van der Waals surface area contributed by atoms with Crippen molar-refractivity contribution in [3.63, 3.8) is 0 Å². The number of carbonyl (C=O) groups is 1. The number of anilines is 3. The minimum atomic E-state index is -0.217. The molecule has 216 valence electrons. The number of nitrogens with zero attached hydrogens (tertiary/aromatic N) is 7. The Kier molecular flexibility index (Phi) is 8.30. The first kappa shape index (κ1) is 27.2. The Balaban J connectivity index is 1.10. The molecule has 3 aromatic rings. The molecule has 3 aliphatic rings. The summed E-state index contributed by atoms with van der Waals surface area (Å²) in [6, 6.07) is 1.26. The third-order valence-corrected chi connectivity index (χ3v) is 9.28. The Hall–Kier alpha value is -3.03. The largest absolute Gasteiger partial charge is 0.453 e. The van der Waals surface area contributed by atoms with E-state index >= 15 is 0 Å². The van der Waals surface area contributed by atoms with Crippen LogP contribution in [-0.2, 0) is 9.47 Å². The van der Waals surface area contributed by atoms with Gasteiger partial charge >= 0.3 is 6.09 Å². The van der Waals surface area contributed by atoms with Crippen molar-refractivity contribution in [3.8, 4) is 0 Å². The molecule has 13 heteroatoms. The normalized spacial score (nSPS) is 23.2. The Morgan fingerprint density at radius 3 is 2.67 bits per heavy atom. The molecule has 1 saturated carbocycles. The Labute approximate surface area is 238 Å². The van der Waals surface area contributed by atoms with Gasteiger partial charge < -0.3 is 25.0 Å². The van der Waals surface area contributed by atoms with Gasteiger partial charge in [0, 0.05) is 57.7 Å². The molecule has 3 fully saturated rings. The van der Waals surface area contributed by atoms with Crippen LogP contribution in [0.1, 0.15) is 56.7 Å². The zero-order chi connectivity index (χ0) is 27.5. The SMILES string of the molecule is COC(=O)N1CCCN(C2CCC(Nc3nc(Nc4cnn(C5CCOCC5)c4)nc4snc(C)c34)CC2)CC1. The Morgan fingerprint density at radius 2 is 1.88 bits per heavy atom. The van der Waals surface area contributed by atoms with Crippen LogP contribution in [0.25, 0.3) is 10.2 Å². The van der Waals surface area contributed by atoms with Gasteiger partial charge in [0.2, 0.25) is 5.95 Å². The molecule has 12 nitrogen and oxygen atoms in total. The van der Waals surface area contributed by atoms with Gasteiger partial charge in [-0.25, -0.2) is 4.79 Å². The number of fused-ring (bicyclic) bond motifs is 1. The summed E-state index contributed by atoms with van der Waals surface area (Å²) in [5.74, 6) is 1.40. The number of rotatable bonds is 6. The maximum atomic E-state index is 12.0. The summed E-state index contributed by atoms with van der Waals surface area (Å²) in [4.78, 5) is 26.9. The second kappa shape index (κ2) is 12.2.